The Labute approximate surface area is 150 Å². The molecule has 0 radical (unpaired) electrons. The molecule has 6 N–H and O–H groups in total. The Morgan fingerprint density at radius 3 is 1.25 bits per heavy atom. The maximum absolute atomic E-state index is 10.3. The second kappa shape index (κ2) is 11.0. The van der Waals surface area contributed by atoms with E-state index in [1.807, 2.05) is 0 Å². The number of hydrogen-bond acceptors (Lipinski definition) is 4. The first kappa shape index (κ1) is 25.6. The van der Waals surface area contributed by atoms with Crippen molar-refractivity contribution in [1.29, 1.82) is 0 Å². The molecule has 0 bridgehead atoms. The number of carboxylic acid groups (broad SMARTS) is 3. The molecule has 0 spiro atoms. The third-order valence-corrected chi connectivity index (χ3v) is 1.29. The summed E-state index contributed by atoms with van der Waals surface area (Å²) >= 11 is 0. The fourth-order valence-corrected chi connectivity index (χ4v) is 0.714. The van der Waals surface area contributed by atoms with Gasteiger partial charge in [0.25, 0.3) is 0 Å². The van der Waals surface area contributed by atoms with Gasteiger partial charge in [0.1, 0.15) is 0 Å². The zero-order chi connectivity index (χ0) is 10.6. The number of aliphatic carboxylic acids is 3. The fraction of sp³-hybridized carbons (Fsp3) is 0.500. The van der Waals surface area contributed by atoms with Gasteiger partial charge in [-0.3, -0.25) is 9.59 Å². The summed E-state index contributed by atoms with van der Waals surface area (Å²) in [7, 11) is 0. The summed E-state index contributed by atoms with van der Waals surface area (Å²) in [5.74, 6) is -5.02. The van der Waals surface area contributed by atoms with Crippen molar-refractivity contribution in [3.8, 4) is 0 Å². The number of aliphatic hydroxyl groups is 1. The Hall–Kier alpha value is 0.849. The standard InChI is InChI=1S/C6H8O7.2Ca.H2O.4H/c7-3(8)1-6(13,5(11)12)2-4(9)10;;;;;;;/h13H,1-2H2,(H,7,8)(H,9,10)(H,11,12);;;1H2;;;;. The van der Waals surface area contributed by atoms with Gasteiger partial charge in [0.15, 0.2) is 5.60 Å². The van der Waals surface area contributed by atoms with Crippen LogP contribution in [0.5, 0.6) is 0 Å². The van der Waals surface area contributed by atoms with E-state index in [1.54, 1.807) is 0 Å². The second-order valence-corrected chi connectivity index (χ2v) is 2.48. The molecule has 0 aromatic carbocycles. The van der Waals surface area contributed by atoms with E-state index in [1.165, 1.54) is 0 Å². The number of hydrogen-bond donors (Lipinski definition) is 4. The van der Waals surface area contributed by atoms with Crippen LogP contribution in [-0.2, 0) is 14.4 Å². The third-order valence-electron chi connectivity index (χ3n) is 1.29. The molecule has 0 aliphatic carbocycles. The topological polar surface area (TPSA) is 164 Å². The Morgan fingerprint density at radius 1 is 0.875 bits per heavy atom. The van der Waals surface area contributed by atoms with E-state index in [0.29, 0.717) is 0 Å². The Kier molecular flexibility index (Phi) is 17.6. The van der Waals surface area contributed by atoms with Crippen LogP contribution in [0.1, 0.15) is 12.8 Å². The first-order chi connectivity index (χ1) is 5.78. The summed E-state index contributed by atoms with van der Waals surface area (Å²) in [5, 5.41) is 33.8. The molecule has 0 saturated heterocycles. The molecule has 0 aliphatic heterocycles. The molecule has 90 valence electrons. The van der Waals surface area contributed by atoms with Crippen LogP contribution in [0.2, 0.25) is 0 Å². The van der Waals surface area contributed by atoms with Gasteiger partial charge in [-0.2, -0.15) is 0 Å². The van der Waals surface area contributed by atoms with Crippen molar-refractivity contribution < 1.29 is 40.3 Å². The van der Waals surface area contributed by atoms with E-state index in [-0.39, 0.29) is 81.0 Å². The molecule has 0 atom stereocenters. The van der Waals surface area contributed by atoms with Crippen LogP contribution in [0.25, 0.3) is 0 Å². The van der Waals surface area contributed by atoms with Gasteiger partial charge in [0.05, 0.1) is 12.8 Å². The van der Waals surface area contributed by atoms with Crippen LogP contribution < -0.4 is 0 Å². The van der Waals surface area contributed by atoms with Crippen molar-refractivity contribution in [3.63, 3.8) is 0 Å². The monoisotopic (exact) mass is 294 g/mol. The van der Waals surface area contributed by atoms with E-state index < -0.39 is 36.4 Å². The minimum absolute atomic E-state index is 0. The molecular weight excluding hydrogens is 280 g/mol. The molecule has 0 fully saturated rings. The zero-order valence-corrected chi connectivity index (χ0v) is 6.93. The minimum atomic E-state index is -2.74. The molecule has 16 heavy (non-hydrogen) atoms. The van der Waals surface area contributed by atoms with Crippen LogP contribution in [-0.4, -0.2) is 125 Å². The normalized spacial score (nSPS) is 8.81. The molecule has 0 heterocycles. The molecule has 0 rings (SSSR count). The number of rotatable bonds is 5. The van der Waals surface area contributed by atoms with Crippen molar-refractivity contribution in [1.82, 2.24) is 0 Å². The van der Waals surface area contributed by atoms with Crippen LogP contribution >= 0.6 is 0 Å². The Bertz CT molecular complexity index is 237. The van der Waals surface area contributed by atoms with Gasteiger partial charge in [-0.1, -0.05) is 0 Å². The Morgan fingerprint density at radius 2 is 1.12 bits per heavy atom. The summed E-state index contributed by atoms with van der Waals surface area (Å²) in [6.07, 6.45) is -2.29. The summed E-state index contributed by atoms with van der Waals surface area (Å²) in [6, 6.07) is 0. The molecule has 0 aliphatic rings. The van der Waals surface area contributed by atoms with E-state index in [2.05, 4.69) is 0 Å². The number of carboxylic acids is 3. The first-order valence-electron chi connectivity index (χ1n) is 3.17. The average Bonchev–Trinajstić information content (AvgIpc) is 1.82. The third kappa shape index (κ3) is 10.0. The second-order valence-electron chi connectivity index (χ2n) is 2.48. The van der Waals surface area contributed by atoms with E-state index in [4.69, 9.17) is 20.4 Å². The van der Waals surface area contributed by atoms with Crippen molar-refractivity contribution in [2.45, 2.75) is 18.4 Å². The van der Waals surface area contributed by atoms with Gasteiger partial charge in [-0.25, -0.2) is 4.79 Å². The molecule has 10 heteroatoms. The molecular formula is C6H14Ca2O8. The van der Waals surface area contributed by atoms with E-state index in [9.17, 15) is 14.4 Å². The van der Waals surface area contributed by atoms with Crippen LogP contribution in [0.15, 0.2) is 0 Å². The van der Waals surface area contributed by atoms with Crippen molar-refractivity contribution in [2.24, 2.45) is 0 Å². The van der Waals surface area contributed by atoms with Crippen molar-refractivity contribution >= 4 is 93.4 Å². The average molecular weight is 294 g/mol. The summed E-state index contributed by atoms with van der Waals surface area (Å²) < 4.78 is 0. The van der Waals surface area contributed by atoms with E-state index in [0.717, 1.165) is 0 Å². The molecule has 0 unspecified atom stereocenters. The molecule has 0 aromatic heterocycles. The van der Waals surface area contributed by atoms with Gasteiger partial charge >= 0.3 is 93.4 Å². The molecule has 0 amide bonds. The van der Waals surface area contributed by atoms with Gasteiger partial charge in [0, 0.05) is 0 Å². The molecule has 0 saturated carbocycles. The Balaban J connectivity index is -0.000000240. The molecule has 8 nitrogen and oxygen atoms in total. The van der Waals surface area contributed by atoms with Gasteiger partial charge < -0.3 is 25.9 Å². The zero-order valence-electron chi connectivity index (χ0n) is 6.93. The van der Waals surface area contributed by atoms with Crippen LogP contribution in [0.3, 0.4) is 0 Å². The van der Waals surface area contributed by atoms with Crippen molar-refractivity contribution in [3.05, 3.63) is 0 Å². The van der Waals surface area contributed by atoms with Crippen LogP contribution in [0, 0.1) is 0 Å². The molecule has 0 aromatic rings. The van der Waals surface area contributed by atoms with Gasteiger partial charge in [-0.05, 0) is 0 Å². The summed E-state index contributed by atoms with van der Waals surface area (Å²) in [6.45, 7) is 0. The predicted molar refractivity (Wildman–Crippen MR) is 57.8 cm³/mol. The van der Waals surface area contributed by atoms with Crippen LogP contribution in [0.4, 0.5) is 0 Å². The number of carbonyl (C=O) groups is 3. The first-order valence-corrected chi connectivity index (χ1v) is 3.17. The van der Waals surface area contributed by atoms with Crippen molar-refractivity contribution in [2.75, 3.05) is 0 Å². The van der Waals surface area contributed by atoms with Gasteiger partial charge in [0.2, 0.25) is 0 Å². The maximum atomic E-state index is 10.3. The van der Waals surface area contributed by atoms with E-state index >= 15 is 0 Å². The quantitative estimate of drug-likeness (QED) is 0.376. The predicted octanol–water partition coefficient (Wildman–Crippen LogP) is -3.91. The van der Waals surface area contributed by atoms with Gasteiger partial charge in [-0.15, -0.1) is 0 Å². The SMILES string of the molecule is O.O=C(O)CC(O)(CC(=O)O)C(=O)O.[CaH2].[CaH2]. The summed E-state index contributed by atoms with van der Waals surface area (Å²) in [5.41, 5.74) is -2.74. The summed E-state index contributed by atoms with van der Waals surface area (Å²) in [4.78, 5) is 30.5. The fourth-order valence-electron chi connectivity index (χ4n) is 0.714.